The first-order valence-corrected chi connectivity index (χ1v) is 4.80. The molecule has 0 radical (unpaired) electrons. The van der Waals surface area contributed by atoms with Gasteiger partial charge in [0.15, 0.2) is 4.30 Å². The topological polar surface area (TPSA) is 95.1 Å². The Hall–Kier alpha value is -0.230. The average molecular weight is 286 g/mol. The Bertz CT molecular complexity index is 145. The molecule has 0 aromatic heterocycles. The lowest BCUT2D eigenvalue weighted by Gasteiger charge is -1.89. The maximum absolute atomic E-state index is 9.82. The van der Waals surface area contributed by atoms with Crippen LogP contribution in [0.5, 0.6) is 0 Å². The second-order valence-corrected chi connectivity index (χ2v) is 3.67. The van der Waals surface area contributed by atoms with Gasteiger partial charge in [-0.05, 0) is 6.92 Å². The van der Waals surface area contributed by atoms with Crippen molar-refractivity contribution in [2.75, 3.05) is 6.61 Å². The molecule has 0 rings (SSSR count). The third-order valence-corrected chi connectivity index (χ3v) is 0.348. The number of hydrogen-bond acceptors (Lipinski definition) is 3. The van der Waals surface area contributed by atoms with Crippen molar-refractivity contribution in [1.82, 2.24) is 0 Å². The molecule has 0 spiro atoms. The lowest BCUT2D eigenvalue weighted by atomic mass is 10.8. The fourth-order valence-corrected chi connectivity index (χ4v) is 0.203. The minimum atomic E-state index is -0.833. The van der Waals surface area contributed by atoms with E-state index in [9.17, 15) is 4.79 Å². The molecule has 15 heavy (non-hydrogen) atoms. The van der Waals surface area contributed by atoms with E-state index in [1.165, 1.54) is 6.92 Å². The number of carboxylic acid groups (broad SMARTS) is 1. The van der Waals surface area contributed by atoms with Gasteiger partial charge in [0.1, 0.15) is 0 Å². The van der Waals surface area contributed by atoms with Crippen LogP contribution in [-0.2, 0) is 14.3 Å². The van der Waals surface area contributed by atoms with Crippen LogP contribution in [0.1, 0.15) is 20.8 Å². The molecule has 8 heteroatoms. The second kappa shape index (κ2) is 19.4. The van der Waals surface area contributed by atoms with Crippen LogP contribution >= 0.6 is 34.8 Å². The Morgan fingerprint density at radius 1 is 1.27 bits per heavy atom. The van der Waals surface area contributed by atoms with Gasteiger partial charge in [0.25, 0.3) is 5.97 Å². The van der Waals surface area contributed by atoms with Crippen LogP contribution in [0.3, 0.4) is 0 Å². The summed E-state index contributed by atoms with van der Waals surface area (Å²) in [6, 6.07) is 0. The molecule has 0 aromatic carbocycles. The van der Waals surface area contributed by atoms with E-state index < -0.39 is 10.3 Å². The number of carbonyl (C=O) groups is 2. The predicted molar refractivity (Wildman–Crippen MR) is 60.6 cm³/mol. The predicted octanol–water partition coefficient (Wildman–Crippen LogP) is 1.82. The van der Waals surface area contributed by atoms with E-state index in [1.54, 1.807) is 6.92 Å². The van der Waals surface area contributed by atoms with E-state index in [2.05, 4.69) is 4.74 Å². The molecule has 0 amide bonds. The van der Waals surface area contributed by atoms with E-state index in [4.69, 9.17) is 44.7 Å². The average Bonchev–Trinajstić information content (AvgIpc) is 1.82. The first-order chi connectivity index (χ1) is 6.23. The Labute approximate surface area is 104 Å². The quantitative estimate of drug-likeness (QED) is 0.587. The van der Waals surface area contributed by atoms with Gasteiger partial charge in [-0.15, -0.1) is 0 Å². The summed E-state index contributed by atoms with van der Waals surface area (Å²) in [6.07, 6.45) is 0. The Balaban J connectivity index is -0.0000000606. The van der Waals surface area contributed by atoms with Crippen molar-refractivity contribution in [1.29, 1.82) is 0 Å². The van der Waals surface area contributed by atoms with Gasteiger partial charge in [0.2, 0.25) is 0 Å². The molecule has 0 aliphatic carbocycles. The summed E-state index contributed by atoms with van der Waals surface area (Å²) in [6.45, 7) is 4.74. The van der Waals surface area contributed by atoms with Crippen LogP contribution in [0.25, 0.3) is 0 Å². The number of halogens is 3. The summed E-state index contributed by atoms with van der Waals surface area (Å²) < 4.78 is 3.65. The van der Waals surface area contributed by atoms with Crippen LogP contribution in [0.4, 0.5) is 0 Å². The maximum atomic E-state index is 9.82. The monoisotopic (exact) mass is 284 g/mol. The molecule has 0 aliphatic rings. The highest BCUT2D eigenvalue weighted by Crippen LogP contribution is 2.03. The minimum Gasteiger partial charge on any atom is -0.481 e. The van der Waals surface area contributed by atoms with Crippen LogP contribution in [-0.4, -0.2) is 33.4 Å². The molecule has 0 aliphatic heterocycles. The standard InChI is InChI=1S/C4H8O2.C2H4O2.CHCl3.H2O/c1-3-6-4(2)5;1-2(3)4;2-1(3)4;/h3H2,1-2H3;1H3,(H,3,4);1H;1H2. The molecule has 0 fully saturated rings. The minimum absolute atomic E-state index is 0. The van der Waals surface area contributed by atoms with Gasteiger partial charge < -0.3 is 15.3 Å². The summed E-state index contributed by atoms with van der Waals surface area (Å²) >= 11 is 14.4. The van der Waals surface area contributed by atoms with Gasteiger partial charge in [-0.2, -0.15) is 0 Å². The molecule has 0 atom stereocenters. The molecule has 0 heterocycles. The Morgan fingerprint density at radius 2 is 1.47 bits per heavy atom. The van der Waals surface area contributed by atoms with Gasteiger partial charge in [-0.1, -0.05) is 34.8 Å². The number of rotatable bonds is 1. The highest BCUT2D eigenvalue weighted by Gasteiger charge is 1.81. The molecular weight excluding hydrogens is 270 g/mol. The molecule has 3 N–H and O–H groups in total. The highest BCUT2D eigenvalue weighted by atomic mass is 35.6. The van der Waals surface area contributed by atoms with Crippen molar-refractivity contribution < 1.29 is 24.9 Å². The number of alkyl halides is 3. The number of ether oxygens (including phenoxy) is 1. The zero-order valence-electron chi connectivity index (χ0n) is 8.59. The zero-order chi connectivity index (χ0) is 12.1. The third-order valence-electron chi connectivity index (χ3n) is 0.348. The van der Waals surface area contributed by atoms with E-state index in [1.807, 2.05) is 0 Å². The highest BCUT2D eigenvalue weighted by molar-refractivity contribution is 6.63. The number of carbonyl (C=O) groups excluding carboxylic acids is 1. The van der Waals surface area contributed by atoms with Crippen LogP contribution in [0.15, 0.2) is 0 Å². The molecule has 0 bridgehead atoms. The normalized spacial score (nSPS) is 7.13. The van der Waals surface area contributed by atoms with E-state index >= 15 is 0 Å². The molecular formula is C7H15Cl3O5. The lowest BCUT2D eigenvalue weighted by Crippen LogP contribution is -1.95. The zero-order valence-corrected chi connectivity index (χ0v) is 10.9. The van der Waals surface area contributed by atoms with Crippen LogP contribution < -0.4 is 0 Å². The van der Waals surface area contributed by atoms with Gasteiger partial charge >= 0.3 is 5.97 Å². The molecule has 0 saturated carbocycles. The molecule has 0 saturated heterocycles. The summed E-state index contributed by atoms with van der Waals surface area (Å²) in [4.78, 5) is 18.8. The van der Waals surface area contributed by atoms with Crippen LogP contribution in [0, 0.1) is 0 Å². The van der Waals surface area contributed by atoms with E-state index in [0.29, 0.717) is 6.61 Å². The van der Waals surface area contributed by atoms with Crippen molar-refractivity contribution >= 4 is 46.7 Å². The summed E-state index contributed by atoms with van der Waals surface area (Å²) in [5.74, 6) is -1.04. The number of esters is 1. The fourth-order valence-electron chi connectivity index (χ4n) is 0.203. The van der Waals surface area contributed by atoms with Gasteiger partial charge in [0, 0.05) is 13.8 Å². The van der Waals surface area contributed by atoms with Gasteiger partial charge in [0.05, 0.1) is 6.61 Å². The summed E-state index contributed by atoms with van der Waals surface area (Å²) in [5.41, 5.74) is 0. The smallest absolute Gasteiger partial charge is 0.302 e. The number of hydrogen-bond donors (Lipinski definition) is 1. The fraction of sp³-hybridized carbons (Fsp3) is 0.714. The summed E-state index contributed by atoms with van der Waals surface area (Å²) in [7, 11) is 0. The Morgan fingerprint density at radius 3 is 1.47 bits per heavy atom. The SMILES string of the molecule is CC(=O)O.CCOC(C)=O.ClC(Cl)Cl.O. The third kappa shape index (κ3) is 249. The lowest BCUT2D eigenvalue weighted by molar-refractivity contribution is -0.140. The first-order valence-electron chi connectivity index (χ1n) is 3.49. The largest absolute Gasteiger partial charge is 0.481 e. The molecule has 0 aromatic rings. The first kappa shape index (κ1) is 24.1. The van der Waals surface area contributed by atoms with Crippen molar-refractivity contribution in [2.45, 2.75) is 25.1 Å². The number of aliphatic carboxylic acids is 1. The van der Waals surface area contributed by atoms with Gasteiger partial charge in [-0.25, -0.2) is 0 Å². The van der Waals surface area contributed by atoms with Gasteiger partial charge in [-0.3, -0.25) is 9.59 Å². The maximum Gasteiger partial charge on any atom is 0.302 e. The van der Waals surface area contributed by atoms with Crippen molar-refractivity contribution in [3.63, 3.8) is 0 Å². The van der Waals surface area contributed by atoms with E-state index in [-0.39, 0.29) is 11.4 Å². The molecule has 0 unspecified atom stereocenters. The Kier molecular flexibility index (Phi) is 31.2. The van der Waals surface area contributed by atoms with Crippen molar-refractivity contribution in [3.05, 3.63) is 0 Å². The van der Waals surface area contributed by atoms with Crippen LogP contribution in [0.2, 0.25) is 0 Å². The van der Waals surface area contributed by atoms with Crippen molar-refractivity contribution in [3.8, 4) is 0 Å². The summed E-state index contributed by atoms with van der Waals surface area (Å²) in [5, 5.41) is 7.42. The van der Waals surface area contributed by atoms with Crippen molar-refractivity contribution in [2.24, 2.45) is 0 Å². The molecule has 94 valence electrons. The molecule has 5 nitrogen and oxygen atoms in total. The van der Waals surface area contributed by atoms with E-state index in [0.717, 1.165) is 6.92 Å². The second-order valence-electron chi connectivity index (χ2n) is 1.69. The number of carboxylic acids is 1.